The van der Waals surface area contributed by atoms with Crippen molar-refractivity contribution in [2.75, 3.05) is 20.6 Å². The predicted octanol–water partition coefficient (Wildman–Crippen LogP) is -2.38. The lowest BCUT2D eigenvalue weighted by Gasteiger charge is -1.98. The second-order valence-electron chi connectivity index (χ2n) is 1.63. The molecule has 0 fully saturated rings. The average molecular weight is 103 g/mol. The molecule has 7 heavy (non-hydrogen) atoms. The van der Waals surface area contributed by atoms with Crippen molar-refractivity contribution in [3.05, 3.63) is 0 Å². The number of nitrogens with one attached hydrogen (secondary N) is 1. The zero-order valence-corrected chi connectivity index (χ0v) is 4.69. The Morgan fingerprint density at radius 2 is 2.14 bits per heavy atom. The van der Waals surface area contributed by atoms with Gasteiger partial charge in [0, 0.05) is 0 Å². The Morgan fingerprint density at radius 1 is 1.71 bits per heavy atom. The van der Waals surface area contributed by atoms with Gasteiger partial charge in [-0.25, -0.2) is 4.79 Å². The van der Waals surface area contributed by atoms with Gasteiger partial charge in [0.15, 0.2) is 0 Å². The first-order valence-corrected chi connectivity index (χ1v) is 2.22. The lowest BCUT2D eigenvalue weighted by Crippen LogP contribution is -3.09. The van der Waals surface area contributed by atoms with E-state index >= 15 is 0 Å². The number of amides is 1. The Hall–Kier alpha value is -0.410. The molecule has 0 heterocycles. The largest absolute Gasteiger partial charge is 0.325 e. The molecule has 0 aliphatic rings. The molecular formula is C4H11N2O+. The lowest BCUT2D eigenvalue weighted by atomic mass is 10.6. The third kappa shape index (κ3) is 2.31. The number of likely N-dealkylation sites (N-methyl/N-ethyl adjacent to an activating group) is 1. The molecule has 3 heteroatoms. The number of nitrogens with two attached hydrogens (primary N) is 1. The highest BCUT2D eigenvalue weighted by Gasteiger charge is 2.02. The van der Waals surface area contributed by atoms with Crippen LogP contribution < -0.4 is 10.6 Å². The molecule has 3 N–H and O–H groups in total. The molecule has 0 rings (SSSR count). The molecule has 1 amide bonds. The van der Waals surface area contributed by atoms with Gasteiger partial charge in [0.05, 0.1) is 14.1 Å². The monoisotopic (exact) mass is 103 g/mol. The van der Waals surface area contributed by atoms with E-state index in [1.807, 2.05) is 0 Å². The first-order chi connectivity index (χ1) is 3.18. The van der Waals surface area contributed by atoms with Gasteiger partial charge in [-0.15, -0.1) is 0 Å². The molecule has 0 radical (unpaired) electrons. The summed E-state index contributed by atoms with van der Waals surface area (Å²) in [5.74, 6) is 0.0417. The maximum absolute atomic E-state index is 10.3. The summed E-state index contributed by atoms with van der Waals surface area (Å²) in [6.45, 7) is 0.141. The van der Waals surface area contributed by atoms with E-state index in [1.54, 1.807) is 14.1 Å². The van der Waals surface area contributed by atoms with Crippen LogP contribution in [0.2, 0.25) is 0 Å². The fraction of sp³-hybridized carbons (Fsp3) is 0.750. The fourth-order valence-electron chi connectivity index (χ4n) is 0.204. The maximum Gasteiger partial charge on any atom is 0.325 e. The van der Waals surface area contributed by atoms with E-state index in [2.05, 4.69) is 0 Å². The summed E-state index contributed by atoms with van der Waals surface area (Å²) >= 11 is 0. The number of hydrogen-bond acceptors (Lipinski definition) is 2. The van der Waals surface area contributed by atoms with E-state index in [0.717, 1.165) is 4.90 Å². The van der Waals surface area contributed by atoms with Gasteiger partial charge in [-0.2, -0.15) is 0 Å². The Labute approximate surface area is 43.1 Å². The van der Waals surface area contributed by atoms with E-state index in [9.17, 15) is 4.79 Å². The lowest BCUT2D eigenvalue weighted by molar-refractivity contribution is -0.774. The van der Waals surface area contributed by atoms with Gasteiger partial charge in [0.25, 0.3) is 0 Å². The highest BCUT2D eigenvalue weighted by atomic mass is 16.2. The van der Waals surface area contributed by atoms with Crippen LogP contribution >= 0.6 is 0 Å². The highest BCUT2D eigenvalue weighted by molar-refractivity contribution is 5.68. The van der Waals surface area contributed by atoms with Crippen LogP contribution in [0.15, 0.2) is 0 Å². The molecule has 0 saturated heterocycles. The van der Waals surface area contributed by atoms with Gasteiger partial charge in [0.1, 0.15) is 6.54 Å². The standard InChI is InChI=1S/C4H10N2O/c1-6(2)4(7)3-5/h3,5H2,1-2H3/p+1. The minimum Gasteiger partial charge on any atom is -0.319 e. The molecule has 42 valence electrons. The number of hydrogen-bond donors (Lipinski definition) is 2. The molecule has 0 saturated carbocycles. The Morgan fingerprint density at radius 3 is 2.14 bits per heavy atom. The van der Waals surface area contributed by atoms with Gasteiger partial charge in [-0.05, 0) is 0 Å². The first-order valence-electron chi connectivity index (χ1n) is 2.22. The van der Waals surface area contributed by atoms with Crippen molar-refractivity contribution in [1.29, 1.82) is 0 Å². The topological polar surface area (TPSA) is 47.5 Å². The van der Waals surface area contributed by atoms with Crippen molar-refractivity contribution < 1.29 is 9.69 Å². The average Bonchev–Trinajstić information content (AvgIpc) is 1.65. The van der Waals surface area contributed by atoms with Crippen molar-refractivity contribution in [2.24, 2.45) is 5.73 Å². The number of rotatable bonds is 1. The van der Waals surface area contributed by atoms with E-state index in [4.69, 9.17) is 5.73 Å². The zero-order chi connectivity index (χ0) is 5.86. The molecule has 0 spiro atoms. The smallest absolute Gasteiger partial charge is 0.319 e. The zero-order valence-electron chi connectivity index (χ0n) is 4.69. The van der Waals surface area contributed by atoms with Crippen LogP contribution in [0.1, 0.15) is 0 Å². The molecule has 0 atom stereocenters. The van der Waals surface area contributed by atoms with Gasteiger partial charge in [-0.3, -0.25) is 4.90 Å². The summed E-state index contributed by atoms with van der Waals surface area (Å²) in [6.07, 6.45) is 0. The molecular weight excluding hydrogens is 92.1 g/mol. The Kier molecular flexibility index (Phi) is 2.55. The van der Waals surface area contributed by atoms with Crippen molar-refractivity contribution in [1.82, 2.24) is 0 Å². The summed E-state index contributed by atoms with van der Waals surface area (Å²) in [7, 11) is 3.52. The van der Waals surface area contributed by atoms with Gasteiger partial charge in [0.2, 0.25) is 0 Å². The van der Waals surface area contributed by atoms with E-state index in [-0.39, 0.29) is 12.5 Å². The number of carbonyl (C=O) groups excluding carboxylic acids is 1. The second kappa shape index (κ2) is 2.71. The highest BCUT2D eigenvalue weighted by Crippen LogP contribution is 1.39. The second-order valence-corrected chi connectivity index (χ2v) is 1.63. The fourth-order valence-corrected chi connectivity index (χ4v) is 0.204. The summed E-state index contributed by atoms with van der Waals surface area (Å²) in [4.78, 5) is 11.1. The molecule has 0 aliphatic carbocycles. The Balaban J connectivity index is 3.35. The van der Waals surface area contributed by atoms with Gasteiger partial charge in [-0.1, -0.05) is 0 Å². The molecule has 0 aromatic heterocycles. The SMILES string of the molecule is C[NH+](C)C(=O)CN. The molecule has 0 bridgehead atoms. The summed E-state index contributed by atoms with van der Waals surface area (Å²) in [5, 5.41) is 0. The van der Waals surface area contributed by atoms with Crippen LogP contribution in [0.5, 0.6) is 0 Å². The summed E-state index contributed by atoms with van der Waals surface area (Å²) in [5.41, 5.74) is 5.00. The van der Waals surface area contributed by atoms with Crippen LogP contribution in [-0.2, 0) is 4.79 Å². The van der Waals surface area contributed by atoms with Crippen LogP contribution in [0.4, 0.5) is 0 Å². The molecule has 0 aromatic carbocycles. The van der Waals surface area contributed by atoms with Crippen molar-refractivity contribution >= 4 is 5.91 Å². The minimum atomic E-state index is 0.0417. The molecule has 0 unspecified atom stereocenters. The van der Waals surface area contributed by atoms with E-state index in [1.165, 1.54) is 0 Å². The third-order valence-electron chi connectivity index (χ3n) is 0.743. The molecule has 3 nitrogen and oxygen atoms in total. The third-order valence-corrected chi connectivity index (χ3v) is 0.743. The van der Waals surface area contributed by atoms with E-state index in [0.29, 0.717) is 0 Å². The molecule has 0 aromatic rings. The van der Waals surface area contributed by atoms with Crippen molar-refractivity contribution in [3.63, 3.8) is 0 Å². The normalized spacial score (nSPS) is 9.71. The van der Waals surface area contributed by atoms with Gasteiger partial charge < -0.3 is 5.73 Å². The van der Waals surface area contributed by atoms with Crippen LogP contribution in [0.3, 0.4) is 0 Å². The number of quaternary nitrogens is 1. The van der Waals surface area contributed by atoms with Crippen LogP contribution in [0, 0.1) is 0 Å². The van der Waals surface area contributed by atoms with Crippen molar-refractivity contribution in [3.8, 4) is 0 Å². The van der Waals surface area contributed by atoms with Gasteiger partial charge >= 0.3 is 5.91 Å². The quantitative estimate of drug-likeness (QED) is 0.389. The summed E-state index contributed by atoms with van der Waals surface area (Å²) in [6, 6.07) is 0. The van der Waals surface area contributed by atoms with Crippen LogP contribution in [0.25, 0.3) is 0 Å². The maximum atomic E-state index is 10.3. The Bertz CT molecular complexity index is 70.1. The minimum absolute atomic E-state index is 0.0417. The first kappa shape index (κ1) is 6.59. The van der Waals surface area contributed by atoms with E-state index < -0.39 is 0 Å². The molecule has 0 aliphatic heterocycles. The van der Waals surface area contributed by atoms with Crippen LogP contribution in [-0.4, -0.2) is 26.5 Å². The predicted molar refractivity (Wildman–Crippen MR) is 26.9 cm³/mol. The number of carbonyl (C=O) groups is 1. The van der Waals surface area contributed by atoms with Crippen molar-refractivity contribution in [2.45, 2.75) is 0 Å². The summed E-state index contributed by atoms with van der Waals surface area (Å²) < 4.78 is 0.